The number of hydrogen-bond donors (Lipinski definition) is 1. The van der Waals surface area contributed by atoms with Crippen LogP contribution in [0.5, 0.6) is 0 Å². The molecule has 0 fully saturated rings. The van der Waals surface area contributed by atoms with Crippen molar-refractivity contribution in [2.45, 2.75) is 0 Å². The second kappa shape index (κ2) is 4.58. The van der Waals surface area contributed by atoms with Gasteiger partial charge < -0.3 is 4.74 Å². The summed E-state index contributed by atoms with van der Waals surface area (Å²) in [5, 5.41) is 8.38. The van der Waals surface area contributed by atoms with Crippen molar-refractivity contribution in [1.82, 2.24) is 0 Å². The Hall–Kier alpha value is -1.21. The van der Waals surface area contributed by atoms with Crippen LogP contribution in [-0.2, 0) is 9.53 Å². The molecule has 0 bridgehead atoms. The maximum atomic E-state index is 10.7. The Morgan fingerprint density at radius 1 is 1.82 bits per heavy atom. The quantitative estimate of drug-likeness (QED) is 0.221. The molecule has 0 N–H and O–H groups in total. The van der Waals surface area contributed by atoms with Gasteiger partial charge >= 0.3 is 5.97 Å². The molecule has 0 aliphatic heterocycles. The maximum Gasteiger partial charge on any atom is 0.348 e. The average molecular weight is 169 g/mol. The zero-order valence-electron chi connectivity index (χ0n) is 6.00. The summed E-state index contributed by atoms with van der Waals surface area (Å²) in [4.78, 5) is 11.0. The molecule has 0 unspecified atom stereocenters. The van der Waals surface area contributed by atoms with Gasteiger partial charge in [-0.2, -0.15) is 5.26 Å². The number of thiol groups is 1. The van der Waals surface area contributed by atoms with E-state index < -0.39 is 5.97 Å². The smallest absolute Gasteiger partial charge is 0.348 e. The zero-order valence-corrected chi connectivity index (χ0v) is 6.89. The number of carbonyl (C=O) groups excluding carboxylic acids is 1. The highest BCUT2D eigenvalue weighted by Crippen LogP contribution is 2.04. The lowest BCUT2D eigenvalue weighted by molar-refractivity contribution is -0.135. The van der Waals surface area contributed by atoms with Crippen molar-refractivity contribution in [2.75, 3.05) is 7.11 Å². The molecular weight excluding hydrogens is 162 g/mol. The standard InChI is InChI=1S/C7H7NO2S/c1-5(11)3-6(4-8)7(9)10-2/h3,11H,1H2,2H3/b6-3+. The van der Waals surface area contributed by atoms with Crippen LogP contribution in [0.4, 0.5) is 0 Å². The van der Waals surface area contributed by atoms with Gasteiger partial charge in [0.2, 0.25) is 0 Å². The first-order valence-corrected chi connectivity index (χ1v) is 3.14. The molecule has 0 radical (unpaired) electrons. The van der Waals surface area contributed by atoms with Gasteiger partial charge in [-0.05, 0) is 11.0 Å². The molecule has 0 aromatic carbocycles. The minimum Gasteiger partial charge on any atom is -0.465 e. The Labute approximate surface area is 70.4 Å². The van der Waals surface area contributed by atoms with E-state index in [1.165, 1.54) is 13.2 Å². The number of allylic oxidation sites excluding steroid dienone is 1. The fraction of sp³-hybridized carbons (Fsp3) is 0.143. The van der Waals surface area contributed by atoms with E-state index in [0.717, 1.165) is 0 Å². The molecule has 4 heteroatoms. The minimum atomic E-state index is -0.678. The SMILES string of the molecule is C=C(S)/C=C(\C#N)C(=O)OC. The van der Waals surface area contributed by atoms with Gasteiger partial charge in [0.05, 0.1) is 7.11 Å². The first-order valence-electron chi connectivity index (χ1n) is 2.69. The second-order valence-electron chi connectivity index (χ2n) is 1.65. The average Bonchev–Trinajstić information content (AvgIpc) is 1.98. The number of esters is 1. The third-order valence-corrected chi connectivity index (χ3v) is 0.966. The predicted octanol–water partition coefficient (Wildman–Crippen LogP) is 1.05. The summed E-state index contributed by atoms with van der Waals surface area (Å²) in [6, 6.07) is 1.66. The molecule has 58 valence electrons. The lowest BCUT2D eigenvalue weighted by atomic mass is 10.3. The monoisotopic (exact) mass is 169 g/mol. The highest BCUT2D eigenvalue weighted by atomic mass is 32.1. The fourth-order valence-electron chi connectivity index (χ4n) is 0.413. The fourth-order valence-corrected chi connectivity index (χ4v) is 0.543. The molecular formula is C7H7NO2S. The Kier molecular flexibility index (Phi) is 4.08. The lowest BCUT2D eigenvalue weighted by Gasteiger charge is -1.94. The molecule has 0 saturated heterocycles. The normalized spacial score (nSPS) is 10.1. The number of methoxy groups -OCH3 is 1. The van der Waals surface area contributed by atoms with E-state index in [4.69, 9.17) is 5.26 Å². The van der Waals surface area contributed by atoms with Crippen LogP contribution in [0.25, 0.3) is 0 Å². The highest BCUT2D eigenvalue weighted by Gasteiger charge is 2.06. The summed E-state index contributed by atoms with van der Waals surface area (Å²) < 4.78 is 4.30. The molecule has 0 aliphatic rings. The van der Waals surface area contributed by atoms with Crippen molar-refractivity contribution in [3.05, 3.63) is 23.1 Å². The third-order valence-electron chi connectivity index (χ3n) is 0.837. The van der Waals surface area contributed by atoms with Crippen molar-refractivity contribution in [2.24, 2.45) is 0 Å². The Morgan fingerprint density at radius 2 is 2.36 bits per heavy atom. The van der Waals surface area contributed by atoms with Crippen LogP contribution in [0.3, 0.4) is 0 Å². The molecule has 0 spiro atoms. The van der Waals surface area contributed by atoms with Crippen molar-refractivity contribution in [3.8, 4) is 6.07 Å². The van der Waals surface area contributed by atoms with Crippen LogP contribution in [0.15, 0.2) is 23.1 Å². The van der Waals surface area contributed by atoms with E-state index in [9.17, 15) is 4.79 Å². The number of hydrogen-bond acceptors (Lipinski definition) is 4. The van der Waals surface area contributed by atoms with E-state index in [2.05, 4.69) is 23.9 Å². The number of carbonyl (C=O) groups is 1. The first kappa shape index (κ1) is 9.79. The van der Waals surface area contributed by atoms with Crippen molar-refractivity contribution in [3.63, 3.8) is 0 Å². The molecule has 0 aromatic heterocycles. The number of ether oxygens (including phenoxy) is 1. The van der Waals surface area contributed by atoms with E-state index in [1.54, 1.807) is 6.07 Å². The second-order valence-corrected chi connectivity index (χ2v) is 2.23. The van der Waals surface area contributed by atoms with Gasteiger partial charge in [0, 0.05) is 0 Å². The molecule has 0 aliphatic carbocycles. The van der Waals surface area contributed by atoms with Crippen LogP contribution < -0.4 is 0 Å². The molecule has 0 saturated carbocycles. The Balaban J connectivity index is 4.57. The van der Waals surface area contributed by atoms with Gasteiger partial charge in [0.1, 0.15) is 11.6 Å². The topological polar surface area (TPSA) is 50.1 Å². The van der Waals surface area contributed by atoms with Crippen LogP contribution in [-0.4, -0.2) is 13.1 Å². The summed E-state index contributed by atoms with van der Waals surface area (Å²) in [6.45, 7) is 3.39. The van der Waals surface area contributed by atoms with E-state index >= 15 is 0 Å². The highest BCUT2D eigenvalue weighted by molar-refractivity contribution is 7.84. The summed E-state index contributed by atoms with van der Waals surface area (Å²) >= 11 is 3.80. The van der Waals surface area contributed by atoms with Crippen molar-refractivity contribution >= 4 is 18.6 Å². The third kappa shape index (κ3) is 3.48. The number of rotatable bonds is 2. The number of nitrogens with zero attached hydrogens (tertiary/aromatic N) is 1. The van der Waals surface area contributed by atoms with Crippen LogP contribution in [0.2, 0.25) is 0 Å². The van der Waals surface area contributed by atoms with Gasteiger partial charge in [-0.15, -0.1) is 12.6 Å². The van der Waals surface area contributed by atoms with Crippen LogP contribution in [0.1, 0.15) is 0 Å². The molecule has 0 rings (SSSR count). The number of nitriles is 1. The van der Waals surface area contributed by atoms with Crippen molar-refractivity contribution in [1.29, 1.82) is 5.26 Å². The van der Waals surface area contributed by atoms with Gasteiger partial charge in [-0.3, -0.25) is 0 Å². The predicted molar refractivity (Wildman–Crippen MR) is 43.8 cm³/mol. The molecule has 0 heterocycles. The minimum absolute atomic E-state index is 0.104. The summed E-state index contributed by atoms with van der Waals surface area (Å²) in [5.41, 5.74) is -0.104. The Morgan fingerprint density at radius 3 is 2.64 bits per heavy atom. The van der Waals surface area contributed by atoms with Gasteiger partial charge in [-0.25, -0.2) is 4.79 Å². The van der Waals surface area contributed by atoms with Crippen LogP contribution in [0, 0.1) is 11.3 Å². The first-order chi connectivity index (χ1) is 5.11. The largest absolute Gasteiger partial charge is 0.465 e. The van der Waals surface area contributed by atoms with Gasteiger partial charge in [0.25, 0.3) is 0 Å². The van der Waals surface area contributed by atoms with Crippen molar-refractivity contribution < 1.29 is 9.53 Å². The summed E-state index contributed by atoms with van der Waals surface area (Å²) in [7, 11) is 1.20. The van der Waals surface area contributed by atoms with E-state index in [-0.39, 0.29) is 5.57 Å². The van der Waals surface area contributed by atoms with Gasteiger partial charge in [-0.1, -0.05) is 6.58 Å². The van der Waals surface area contributed by atoms with Crippen LogP contribution >= 0.6 is 12.6 Å². The summed E-state index contributed by atoms with van der Waals surface area (Å²) in [6.07, 6.45) is 1.24. The zero-order chi connectivity index (χ0) is 8.85. The van der Waals surface area contributed by atoms with Gasteiger partial charge in [0.15, 0.2) is 0 Å². The molecule has 3 nitrogen and oxygen atoms in total. The van der Waals surface area contributed by atoms with E-state index in [1.807, 2.05) is 0 Å². The molecule has 0 atom stereocenters. The molecule has 11 heavy (non-hydrogen) atoms. The molecule has 0 aromatic rings. The molecule has 0 amide bonds. The maximum absolute atomic E-state index is 10.7. The Bertz CT molecular complexity index is 250. The summed E-state index contributed by atoms with van der Waals surface area (Å²) in [5.74, 6) is -0.678. The van der Waals surface area contributed by atoms with E-state index in [0.29, 0.717) is 4.91 Å². The lowest BCUT2D eigenvalue weighted by Crippen LogP contribution is -2.02.